The number of aromatic nitrogens is 2. The normalized spacial score (nSPS) is 9.58. The van der Waals surface area contributed by atoms with Gasteiger partial charge in [-0.25, -0.2) is 4.39 Å². The molecular weight excluding hydrogens is 267 g/mol. The van der Waals surface area contributed by atoms with E-state index in [1.54, 1.807) is 0 Å². The number of nitrogens with two attached hydrogens (primary N) is 1. The number of benzene rings is 1. The largest absolute Gasteiger partial charge is 0.320 e. The number of carbonyl (C=O) groups excluding carboxylic acids is 1. The molecule has 0 aliphatic carbocycles. The molecule has 1 amide bonds. The van der Waals surface area contributed by atoms with Gasteiger partial charge in [0.2, 0.25) is 0 Å². The number of anilines is 1. The van der Waals surface area contributed by atoms with Gasteiger partial charge in [-0.2, -0.15) is 0 Å². The van der Waals surface area contributed by atoms with Crippen LogP contribution < -0.4 is 11.1 Å². The van der Waals surface area contributed by atoms with Crippen molar-refractivity contribution >= 4 is 22.4 Å². The average molecular weight is 276 g/mol. The van der Waals surface area contributed by atoms with Gasteiger partial charge < -0.3 is 11.1 Å². The monoisotopic (exact) mass is 276 g/mol. The minimum Gasteiger partial charge on any atom is -0.320 e. The van der Waals surface area contributed by atoms with Gasteiger partial charge in [0.1, 0.15) is 10.8 Å². The predicted octanol–water partition coefficient (Wildman–Crippen LogP) is 1.24. The molecule has 0 bridgehead atoms. The highest BCUT2D eigenvalue weighted by Crippen LogP contribution is 2.15. The van der Waals surface area contributed by atoms with Gasteiger partial charge in [-0.1, -0.05) is 16.3 Å². The summed E-state index contributed by atoms with van der Waals surface area (Å²) in [5, 5.41) is 6.52. The smallest absolute Gasteiger partial charge is 0.259 e. The average Bonchev–Trinajstić information content (AvgIpc) is 2.90. The molecule has 1 aromatic heterocycles. The van der Waals surface area contributed by atoms with Crippen LogP contribution >= 0.6 is 11.5 Å². The molecule has 3 N–H and O–H groups in total. The summed E-state index contributed by atoms with van der Waals surface area (Å²) in [6.07, 6.45) is 1.39. The summed E-state index contributed by atoms with van der Waals surface area (Å²) in [4.78, 5) is 11.9. The van der Waals surface area contributed by atoms with Crippen molar-refractivity contribution in [3.63, 3.8) is 0 Å². The Morgan fingerprint density at radius 3 is 3.05 bits per heavy atom. The van der Waals surface area contributed by atoms with E-state index in [1.807, 2.05) is 0 Å². The Morgan fingerprint density at radius 1 is 1.53 bits per heavy atom. The lowest BCUT2D eigenvalue weighted by Gasteiger charge is -2.03. The summed E-state index contributed by atoms with van der Waals surface area (Å²) < 4.78 is 17.2. The predicted molar refractivity (Wildman–Crippen MR) is 70.2 cm³/mol. The van der Waals surface area contributed by atoms with E-state index in [4.69, 9.17) is 5.73 Å². The minimum atomic E-state index is -0.617. The van der Waals surface area contributed by atoms with Crippen LogP contribution in [0.2, 0.25) is 0 Å². The van der Waals surface area contributed by atoms with Gasteiger partial charge in [-0.05, 0) is 18.2 Å². The second-order valence-electron chi connectivity index (χ2n) is 3.44. The second kappa shape index (κ2) is 6.04. The first kappa shape index (κ1) is 13.1. The summed E-state index contributed by atoms with van der Waals surface area (Å²) in [6, 6.07) is 4.06. The third-order valence-corrected chi connectivity index (χ3v) is 2.72. The minimum absolute atomic E-state index is 0.0859. The molecule has 0 fully saturated rings. The van der Waals surface area contributed by atoms with Gasteiger partial charge in [0.25, 0.3) is 5.91 Å². The van der Waals surface area contributed by atoms with Crippen LogP contribution in [0.5, 0.6) is 0 Å². The summed E-state index contributed by atoms with van der Waals surface area (Å²) >= 11 is 1.01. The fraction of sp³-hybridized carbons (Fsp3) is 0.0833. The molecule has 0 atom stereocenters. The molecule has 19 heavy (non-hydrogen) atoms. The summed E-state index contributed by atoms with van der Waals surface area (Å²) in [7, 11) is 0. The Hall–Kier alpha value is -2.30. The van der Waals surface area contributed by atoms with E-state index in [-0.39, 0.29) is 12.1 Å². The highest BCUT2D eigenvalue weighted by molar-refractivity contribution is 7.10. The van der Waals surface area contributed by atoms with E-state index in [0.717, 1.165) is 11.5 Å². The van der Waals surface area contributed by atoms with E-state index >= 15 is 0 Å². The maximum atomic E-state index is 13.6. The summed E-state index contributed by atoms with van der Waals surface area (Å²) in [6.45, 7) is 0.200. The topological polar surface area (TPSA) is 80.9 Å². The summed E-state index contributed by atoms with van der Waals surface area (Å²) in [5.74, 6) is 4.20. The van der Waals surface area contributed by atoms with Crippen LogP contribution in [0.15, 0.2) is 24.4 Å². The van der Waals surface area contributed by atoms with Crippen molar-refractivity contribution in [3.05, 3.63) is 41.3 Å². The maximum Gasteiger partial charge on any atom is 0.259 e. The quantitative estimate of drug-likeness (QED) is 0.809. The number of nitrogens with zero attached hydrogens (tertiary/aromatic N) is 2. The molecule has 96 valence electrons. The summed E-state index contributed by atoms with van der Waals surface area (Å²) in [5.41, 5.74) is 5.70. The molecular formula is C12H9FN4OS. The molecule has 1 heterocycles. The highest BCUT2D eigenvalue weighted by atomic mass is 32.1. The lowest BCUT2D eigenvalue weighted by atomic mass is 10.1. The van der Waals surface area contributed by atoms with E-state index < -0.39 is 11.7 Å². The van der Waals surface area contributed by atoms with Crippen LogP contribution in [-0.2, 0) is 0 Å². The third kappa shape index (κ3) is 3.34. The fourth-order valence-electron chi connectivity index (χ4n) is 1.33. The molecule has 0 aliphatic rings. The Morgan fingerprint density at radius 2 is 2.37 bits per heavy atom. The van der Waals surface area contributed by atoms with Crippen molar-refractivity contribution in [2.45, 2.75) is 0 Å². The van der Waals surface area contributed by atoms with Crippen LogP contribution in [0.25, 0.3) is 0 Å². The van der Waals surface area contributed by atoms with Gasteiger partial charge >= 0.3 is 0 Å². The SMILES string of the molecule is NCC#Cc1ccc(F)c(C(=O)Nc2cnns2)c1. The molecule has 2 aromatic rings. The number of hydrogen-bond acceptors (Lipinski definition) is 5. The zero-order chi connectivity index (χ0) is 13.7. The molecule has 5 nitrogen and oxygen atoms in total. The van der Waals surface area contributed by atoms with Crippen molar-refractivity contribution < 1.29 is 9.18 Å². The molecule has 0 radical (unpaired) electrons. The zero-order valence-electron chi connectivity index (χ0n) is 9.68. The Labute approximate surface area is 112 Å². The van der Waals surface area contributed by atoms with Crippen molar-refractivity contribution in [2.75, 3.05) is 11.9 Å². The number of hydrogen-bond donors (Lipinski definition) is 2. The standard InChI is InChI=1S/C12H9FN4OS/c13-10-4-3-8(2-1-5-14)6-9(10)12(18)16-11-7-15-17-19-11/h3-4,6-7H,5,14H2,(H,16,18). The highest BCUT2D eigenvalue weighted by Gasteiger charge is 2.13. The Bertz CT molecular complexity index is 645. The number of nitrogens with one attached hydrogen (secondary N) is 1. The number of amides is 1. The number of rotatable bonds is 2. The van der Waals surface area contributed by atoms with Gasteiger partial charge in [-0.3, -0.25) is 4.79 Å². The molecule has 0 unspecified atom stereocenters. The Kier molecular flexibility index (Phi) is 4.18. The van der Waals surface area contributed by atoms with E-state index in [9.17, 15) is 9.18 Å². The molecule has 1 aromatic carbocycles. The fourth-order valence-corrected chi connectivity index (χ4v) is 1.75. The molecule has 2 rings (SSSR count). The van der Waals surface area contributed by atoms with E-state index in [2.05, 4.69) is 26.7 Å². The van der Waals surface area contributed by atoms with Crippen LogP contribution in [0.4, 0.5) is 9.39 Å². The molecule has 0 saturated heterocycles. The number of halogens is 1. The van der Waals surface area contributed by atoms with Crippen molar-refractivity contribution in [1.82, 2.24) is 9.59 Å². The van der Waals surface area contributed by atoms with Gasteiger partial charge in [0.15, 0.2) is 0 Å². The van der Waals surface area contributed by atoms with Gasteiger partial charge in [0, 0.05) is 17.1 Å². The first-order chi connectivity index (χ1) is 9.20. The molecule has 0 saturated carbocycles. The van der Waals surface area contributed by atoms with Gasteiger partial charge in [-0.15, -0.1) is 5.10 Å². The lowest BCUT2D eigenvalue weighted by molar-refractivity contribution is 0.102. The first-order valence-electron chi connectivity index (χ1n) is 5.28. The lowest BCUT2D eigenvalue weighted by Crippen LogP contribution is -2.13. The van der Waals surface area contributed by atoms with Crippen molar-refractivity contribution in [1.29, 1.82) is 0 Å². The molecule has 7 heteroatoms. The Balaban J connectivity index is 2.25. The second-order valence-corrected chi connectivity index (χ2v) is 4.22. The number of carbonyl (C=O) groups is 1. The van der Waals surface area contributed by atoms with E-state index in [1.165, 1.54) is 24.4 Å². The third-order valence-electron chi connectivity index (χ3n) is 2.14. The zero-order valence-corrected chi connectivity index (χ0v) is 10.5. The van der Waals surface area contributed by atoms with Gasteiger partial charge in [0.05, 0.1) is 18.3 Å². The molecule has 0 spiro atoms. The maximum absolute atomic E-state index is 13.6. The van der Waals surface area contributed by atoms with Crippen LogP contribution in [0.1, 0.15) is 15.9 Å². The van der Waals surface area contributed by atoms with Crippen molar-refractivity contribution in [3.8, 4) is 11.8 Å². The van der Waals surface area contributed by atoms with Crippen LogP contribution in [0.3, 0.4) is 0 Å². The van der Waals surface area contributed by atoms with Crippen LogP contribution in [0, 0.1) is 17.7 Å². The first-order valence-corrected chi connectivity index (χ1v) is 6.05. The molecule has 0 aliphatic heterocycles. The van der Waals surface area contributed by atoms with Crippen LogP contribution in [-0.4, -0.2) is 22.0 Å². The van der Waals surface area contributed by atoms with E-state index in [0.29, 0.717) is 10.6 Å². The van der Waals surface area contributed by atoms with Crippen molar-refractivity contribution in [2.24, 2.45) is 5.73 Å².